The average Bonchev–Trinajstić information content (AvgIpc) is 3.64. The van der Waals surface area contributed by atoms with E-state index in [9.17, 15) is 0 Å². The van der Waals surface area contributed by atoms with E-state index in [1.54, 1.807) is 58.3 Å². The molecule has 1 aliphatic heterocycles. The van der Waals surface area contributed by atoms with Gasteiger partial charge in [0.25, 0.3) is 0 Å². The third-order valence-electron chi connectivity index (χ3n) is 9.81. The van der Waals surface area contributed by atoms with Gasteiger partial charge in [0.2, 0.25) is 0 Å². The molecule has 2 aromatic carbocycles. The van der Waals surface area contributed by atoms with Gasteiger partial charge in [-0.15, -0.1) is 0 Å². The second-order valence-corrected chi connectivity index (χ2v) is 18.2. The van der Waals surface area contributed by atoms with Crippen molar-refractivity contribution in [2.24, 2.45) is 0 Å². The average molecular weight is 589 g/mol. The van der Waals surface area contributed by atoms with E-state index in [2.05, 4.69) is 111 Å². The Morgan fingerprint density at radius 2 is 1.02 bits per heavy atom. The van der Waals surface area contributed by atoms with Gasteiger partial charge in [-0.3, -0.25) is 0 Å². The molecule has 0 radical (unpaired) electrons. The minimum absolute atomic E-state index is 0.135. The van der Waals surface area contributed by atoms with Crippen LogP contribution in [0.25, 0.3) is 12.2 Å². The quantitative estimate of drug-likeness (QED) is 0.282. The summed E-state index contributed by atoms with van der Waals surface area (Å²) >= 11 is -0.135. The van der Waals surface area contributed by atoms with E-state index >= 15 is 0 Å². The summed E-state index contributed by atoms with van der Waals surface area (Å²) in [5, 5.41) is 2.55. The fourth-order valence-corrected chi connectivity index (χ4v) is 11.6. The Kier molecular flexibility index (Phi) is 10.7. The van der Waals surface area contributed by atoms with Crippen LogP contribution in [0.5, 0.6) is 0 Å². The van der Waals surface area contributed by atoms with Crippen molar-refractivity contribution in [2.45, 2.75) is 139 Å². The van der Waals surface area contributed by atoms with Crippen molar-refractivity contribution in [3.8, 4) is 0 Å². The normalized spacial score (nSPS) is 20.5. The Morgan fingerprint density at radius 1 is 0.625 bits per heavy atom. The second kappa shape index (κ2) is 13.4. The molecule has 0 spiro atoms. The summed E-state index contributed by atoms with van der Waals surface area (Å²) in [6, 6.07) is 13.4. The molecule has 2 aliphatic carbocycles. The first-order chi connectivity index (χ1) is 19.0. The molecule has 2 atom stereocenters. The molecular formula is C38H56SiTi. The second-order valence-electron chi connectivity index (χ2n) is 14.2. The molecule has 0 aromatic heterocycles. The Labute approximate surface area is 258 Å². The summed E-state index contributed by atoms with van der Waals surface area (Å²) in [5.41, 5.74) is 15.6. The molecule has 3 aliphatic rings. The summed E-state index contributed by atoms with van der Waals surface area (Å²) in [7, 11) is 0.543. The summed E-state index contributed by atoms with van der Waals surface area (Å²) in [5.74, 6) is 3.33. The summed E-state index contributed by atoms with van der Waals surface area (Å²) in [4.78, 5) is 0. The van der Waals surface area contributed by atoms with Gasteiger partial charge in [-0.05, 0) is 0 Å². The molecule has 5 rings (SSSR count). The molecule has 0 bridgehead atoms. The van der Waals surface area contributed by atoms with E-state index in [-0.39, 0.29) is 19.2 Å². The molecule has 216 valence electrons. The van der Waals surface area contributed by atoms with Gasteiger partial charge in [0.15, 0.2) is 0 Å². The summed E-state index contributed by atoms with van der Waals surface area (Å²) in [6.07, 6.45) is 8.22. The van der Waals surface area contributed by atoms with E-state index in [1.807, 2.05) is 0 Å². The topological polar surface area (TPSA) is 0 Å². The van der Waals surface area contributed by atoms with Crippen molar-refractivity contribution in [1.29, 1.82) is 0 Å². The standard InChI is InChI=1S/C33H43.C4H10Si.CH3.Ti/c1-18(2)24-13-26(20(5)6)30-11-22(9)28(32(30)15-24)17-29-23(10)12-31-27(21(7)8)14-25(19(3)4)16-33(29)31;1-2-4-5-3-1;;/h11-21,28-29H,1-10H3;1-5H2;1H3;. The van der Waals surface area contributed by atoms with Gasteiger partial charge in [-0.2, -0.15) is 0 Å². The van der Waals surface area contributed by atoms with Crippen LogP contribution in [0.4, 0.5) is 0 Å². The molecule has 1 heterocycles. The number of hydrogen-bond acceptors (Lipinski definition) is 0. The Hall–Kier alpha value is -1.15. The van der Waals surface area contributed by atoms with Crippen molar-refractivity contribution in [3.63, 3.8) is 0 Å². The molecule has 0 N–H and O–H groups in total. The predicted octanol–water partition coefficient (Wildman–Crippen LogP) is 11.6. The molecule has 2 aromatic rings. The fourth-order valence-electron chi connectivity index (χ4n) is 7.40. The Bertz CT molecular complexity index is 1160. The first-order valence-corrected chi connectivity index (χ1v) is 20.8. The van der Waals surface area contributed by atoms with Crippen LogP contribution in [0.2, 0.25) is 21.5 Å². The number of rotatable bonds is 7. The molecule has 40 heavy (non-hydrogen) atoms. The van der Waals surface area contributed by atoms with Crippen LogP contribution in [0.15, 0.2) is 35.4 Å². The van der Waals surface area contributed by atoms with Crippen molar-refractivity contribution >= 4 is 21.7 Å². The van der Waals surface area contributed by atoms with Gasteiger partial charge in [-0.25, -0.2) is 0 Å². The van der Waals surface area contributed by atoms with Crippen molar-refractivity contribution < 1.29 is 19.2 Å². The Balaban J connectivity index is 0.000000666. The van der Waals surface area contributed by atoms with Gasteiger partial charge >= 0.3 is 225 Å². The van der Waals surface area contributed by atoms with Crippen LogP contribution in [0, 0.1) is 0 Å². The summed E-state index contributed by atoms with van der Waals surface area (Å²) in [6.45, 7) is 23.7. The maximum absolute atomic E-state index is 2.58. The minimum atomic E-state index is -0.135. The van der Waals surface area contributed by atoms with Gasteiger partial charge in [0.05, 0.1) is 0 Å². The van der Waals surface area contributed by atoms with Crippen LogP contribution in [0.3, 0.4) is 0 Å². The molecule has 0 nitrogen and oxygen atoms in total. The van der Waals surface area contributed by atoms with Crippen molar-refractivity contribution in [2.75, 3.05) is 0 Å². The molecule has 0 amide bonds. The zero-order valence-electron chi connectivity index (χ0n) is 27.5. The molecule has 1 fully saturated rings. The van der Waals surface area contributed by atoms with Gasteiger partial charge in [0, 0.05) is 9.52 Å². The first-order valence-electron chi connectivity index (χ1n) is 16.3. The molecular weight excluding hydrogens is 532 g/mol. The monoisotopic (exact) mass is 588 g/mol. The van der Waals surface area contributed by atoms with Crippen LogP contribution in [0.1, 0.15) is 162 Å². The van der Waals surface area contributed by atoms with E-state index in [0.717, 1.165) is 0 Å². The van der Waals surface area contributed by atoms with E-state index < -0.39 is 0 Å². The van der Waals surface area contributed by atoms with Crippen LogP contribution in [-0.2, 0) is 19.2 Å². The third kappa shape index (κ3) is 6.43. The van der Waals surface area contributed by atoms with Crippen LogP contribution >= 0.6 is 0 Å². The van der Waals surface area contributed by atoms with Gasteiger partial charge < -0.3 is 0 Å². The van der Waals surface area contributed by atoms with E-state index in [4.69, 9.17) is 0 Å². The van der Waals surface area contributed by atoms with Crippen LogP contribution < -0.4 is 0 Å². The zero-order chi connectivity index (χ0) is 29.3. The van der Waals surface area contributed by atoms with E-state index in [1.165, 1.54) is 22.3 Å². The number of allylic oxidation sites excluding steroid dienone is 2. The first kappa shape index (κ1) is 31.8. The SMILES string of the molecule is C1CC[SiH2]C1.[CH3][Ti][CH](C1C(C)=Cc2c(C(C)C)cc(C(C)C)cc21)C1C(C)=Cc2c(C(C)C)cc(C(C)C)cc21. The Morgan fingerprint density at radius 3 is 1.30 bits per heavy atom. The molecule has 0 saturated carbocycles. The van der Waals surface area contributed by atoms with E-state index in [0.29, 0.717) is 49.2 Å². The maximum atomic E-state index is 2.58. The van der Waals surface area contributed by atoms with Gasteiger partial charge in [-0.1, -0.05) is 24.9 Å². The van der Waals surface area contributed by atoms with Crippen molar-refractivity contribution in [1.82, 2.24) is 0 Å². The molecule has 2 unspecified atom stereocenters. The number of benzene rings is 2. The number of fused-ring (bicyclic) bond motifs is 2. The fraction of sp³-hybridized carbons (Fsp3) is 0.579. The van der Waals surface area contributed by atoms with Gasteiger partial charge in [0.1, 0.15) is 0 Å². The van der Waals surface area contributed by atoms with Crippen molar-refractivity contribution in [3.05, 3.63) is 79.9 Å². The number of hydrogen-bond donors (Lipinski definition) is 0. The molecule has 2 heteroatoms. The summed E-state index contributed by atoms with van der Waals surface area (Å²) < 4.78 is 0.704. The zero-order valence-corrected chi connectivity index (χ0v) is 30.5. The van der Waals surface area contributed by atoms with Crippen LogP contribution in [-0.4, -0.2) is 9.52 Å². The molecule has 1 saturated heterocycles. The third-order valence-corrected chi connectivity index (χ3v) is 13.9. The predicted molar refractivity (Wildman–Crippen MR) is 179 cm³/mol.